The summed E-state index contributed by atoms with van der Waals surface area (Å²) in [5, 5.41) is 3.51. The van der Waals surface area contributed by atoms with Crippen molar-refractivity contribution in [2.45, 2.75) is 39.7 Å². The van der Waals surface area contributed by atoms with Crippen LogP contribution in [0.1, 0.15) is 42.5 Å². The molecule has 2 nitrogen and oxygen atoms in total. The van der Waals surface area contributed by atoms with Crippen LogP contribution in [0.3, 0.4) is 0 Å². The van der Waals surface area contributed by atoms with Crippen molar-refractivity contribution in [1.29, 1.82) is 0 Å². The van der Waals surface area contributed by atoms with Crippen molar-refractivity contribution >= 4 is 12.4 Å². The van der Waals surface area contributed by atoms with Crippen LogP contribution in [-0.2, 0) is 0 Å². The topological polar surface area (TPSA) is 15.3 Å². The molecule has 2 unspecified atom stereocenters. The second kappa shape index (κ2) is 8.02. The molecule has 0 saturated carbocycles. The average Bonchev–Trinajstić information content (AvgIpc) is 2.42. The molecule has 1 aromatic carbocycles. The fraction of sp³-hybridized carbons (Fsp3) is 0.647. The van der Waals surface area contributed by atoms with Gasteiger partial charge in [-0.1, -0.05) is 23.8 Å². The molecular weight excluding hydrogens is 268 g/mol. The number of nitrogens with one attached hydrogen (secondary N) is 1. The third kappa shape index (κ3) is 4.47. The monoisotopic (exact) mass is 296 g/mol. The minimum atomic E-state index is 0. The van der Waals surface area contributed by atoms with E-state index in [1.807, 2.05) is 0 Å². The standard InChI is InChI=1S/C17H28N2.ClH/c1-13-7-8-14(2)17(10-13)15(3)19(4)12-16-6-5-9-18-11-16;/h7-8,10,15-16,18H,5-6,9,11-12H2,1-4H3;1H. The van der Waals surface area contributed by atoms with E-state index in [9.17, 15) is 0 Å². The Labute approximate surface area is 130 Å². The highest BCUT2D eigenvalue weighted by Gasteiger charge is 2.19. The van der Waals surface area contributed by atoms with Crippen LogP contribution >= 0.6 is 12.4 Å². The van der Waals surface area contributed by atoms with Gasteiger partial charge >= 0.3 is 0 Å². The van der Waals surface area contributed by atoms with E-state index in [4.69, 9.17) is 0 Å². The van der Waals surface area contributed by atoms with Crippen LogP contribution in [0.4, 0.5) is 0 Å². The zero-order valence-corrected chi connectivity index (χ0v) is 14.1. The molecular formula is C17H29ClN2. The second-order valence-corrected chi connectivity index (χ2v) is 6.19. The Morgan fingerprint density at radius 2 is 2.10 bits per heavy atom. The van der Waals surface area contributed by atoms with Crippen LogP contribution in [0.25, 0.3) is 0 Å². The first-order chi connectivity index (χ1) is 9.08. The highest BCUT2D eigenvalue weighted by atomic mass is 35.5. The molecule has 20 heavy (non-hydrogen) atoms. The number of aryl methyl sites for hydroxylation is 2. The molecule has 0 bridgehead atoms. The minimum absolute atomic E-state index is 0. The van der Waals surface area contributed by atoms with E-state index in [-0.39, 0.29) is 12.4 Å². The number of hydrogen-bond acceptors (Lipinski definition) is 2. The quantitative estimate of drug-likeness (QED) is 0.911. The zero-order valence-electron chi connectivity index (χ0n) is 13.3. The average molecular weight is 297 g/mol. The molecule has 1 fully saturated rings. The molecule has 114 valence electrons. The lowest BCUT2D eigenvalue weighted by Crippen LogP contribution is -2.37. The summed E-state index contributed by atoms with van der Waals surface area (Å²) >= 11 is 0. The first-order valence-electron chi connectivity index (χ1n) is 7.56. The van der Waals surface area contributed by atoms with E-state index in [1.165, 1.54) is 49.2 Å². The maximum Gasteiger partial charge on any atom is 0.0319 e. The van der Waals surface area contributed by atoms with E-state index in [0.717, 1.165) is 5.92 Å². The van der Waals surface area contributed by atoms with E-state index < -0.39 is 0 Å². The molecule has 2 rings (SSSR count). The maximum atomic E-state index is 3.51. The van der Waals surface area contributed by atoms with Gasteiger partial charge in [0.15, 0.2) is 0 Å². The number of hydrogen-bond donors (Lipinski definition) is 1. The summed E-state index contributed by atoms with van der Waals surface area (Å²) in [6.07, 6.45) is 2.70. The fourth-order valence-corrected chi connectivity index (χ4v) is 3.09. The first kappa shape index (κ1) is 17.5. The van der Waals surface area contributed by atoms with E-state index in [1.54, 1.807) is 0 Å². The number of halogens is 1. The summed E-state index contributed by atoms with van der Waals surface area (Å²) in [5.41, 5.74) is 4.25. The van der Waals surface area contributed by atoms with Crippen molar-refractivity contribution < 1.29 is 0 Å². The number of rotatable bonds is 4. The van der Waals surface area contributed by atoms with Gasteiger partial charge in [0.05, 0.1) is 0 Å². The normalized spacial score (nSPS) is 20.6. The third-order valence-electron chi connectivity index (χ3n) is 4.49. The van der Waals surface area contributed by atoms with E-state index in [0.29, 0.717) is 6.04 Å². The molecule has 1 heterocycles. The van der Waals surface area contributed by atoms with Crippen LogP contribution in [0.15, 0.2) is 18.2 Å². The van der Waals surface area contributed by atoms with Crippen molar-refractivity contribution in [3.63, 3.8) is 0 Å². The SMILES string of the molecule is Cc1ccc(C)c(C(C)N(C)CC2CCCNC2)c1.Cl. The van der Waals surface area contributed by atoms with Crippen LogP contribution in [0.5, 0.6) is 0 Å². The zero-order chi connectivity index (χ0) is 13.8. The van der Waals surface area contributed by atoms with Crippen LogP contribution in [0.2, 0.25) is 0 Å². The van der Waals surface area contributed by atoms with Crippen molar-refractivity contribution in [2.24, 2.45) is 5.92 Å². The highest BCUT2D eigenvalue weighted by Crippen LogP contribution is 2.25. The van der Waals surface area contributed by atoms with Crippen molar-refractivity contribution in [1.82, 2.24) is 10.2 Å². The van der Waals surface area contributed by atoms with E-state index in [2.05, 4.69) is 56.2 Å². The molecule has 0 aliphatic carbocycles. The molecule has 3 heteroatoms. The molecule has 2 atom stereocenters. The summed E-state index contributed by atoms with van der Waals surface area (Å²) in [7, 11) is 2.26. The van der Waals surface area contributed by atoms with Gasteiger partial charge in [0.2, 0.25) is 0 Å². The Morgan fingerprint density at radius 1 is 1.35 bits per heavy atom. The number of piperidine rings is 1. The lowest BCUT2D eigenvalue weighted by molar-refractivity contribution is 0.199. The maximum absolute atomic E-state index is 3.51. The summed E-state index contributed by atoms with van der Waals surface area (Å²) in [4.78, 5) is 2.51. The van der Waals surface area contributed by atoms with Crippen LogP contribution < -0.4 is 5.32 Å². The van der Waals surface area contributed by atoms with Gasteiger partial charge in [-0.15, -0.1) is 12.4 Å². The van der Waals surface area contributed by atoms with Crippen LogP contribution in [0, 0.1) is 19.8 Å². The Morgan fingerprint density at radius 3 is 2.75 bits per heavy atom. The van der Waals surface area contributed by atoms with Crippen molar-refractivity contribution in [3.8, 4) is 0 Å². The Bertz CT molecular complexity index is 413. The molecule has 0 aromatic heterocycles. The largest absolute Gasteiger partial charge is 0.316 e. The van der Waals surface area contributed by atoms with Gasteiger partial charge in [-0.3, -0.25) is 4.90 Å². The predicted molar refractivity (Wildman–Crippen MR) is 89.8 cm³/mol. The molecule has 1 saturated heterocycles. The molecule has 1 aliphatic heterocycles. The molecule has 0 amide bonds. The lowest BCUT2D eigenvalue weighted by Gasteiger charge is -2.32. The van der Waals surface area contributed by atoms with Gasteiger partial charge in [-0.2, -0.15) is 0 Å². The summed E-state index contributed by atoms with van der Waals surface area (Å²) < 4.78 is 0. The van der Waals surface area contributed by atoms with Crippen LogP contribution in [-0.4, -0.2) is 31.6 Å². The predicted octanol–water partition coefficient (Wildman–Crippen LogP) is 3.72. The number of benzene rings is 1. The van der Waals surface area contributed by atoms with Gasteiger partial charge in [0.1, 0.15) is 0 Å². The Hall–Kier alpha value is -0.570. The fourth-order valence-electron chi connectivity index (χ4n) is 3.09. The third-order valence-corrected chi connectivity index (χ3v) is 4.49. The van der Waals surface area contributed by atoms with Gasteiger partial charge in [0, 0.05) is 12.6 Å². The molecule has 1 N–H and O–H groups in total. The number of nitrogens with zero attached hydrogens (tertiary/aromatic N) is 1. The Balaban J connectivity index is 0.00000200. The minimum Gasteiger partial charge on any atom is -0.316 e. The van der Waals surface area contributed by atoms with Crippen molar-refractivity contribution in [2.75, 3.05) is 26.7 Å². The molecule has 0 spiro atoms. The van der Waals surface area contributed by atoms with Gasteiger partial charge in [-0.05, 0) is 70.8 Å². The van der Waals surface area contributed by atoms with Gasteiger partial charge < -0.3 is 5.32 Å². The smallest absolute Gasteiger partial charge is 0.0319 e. The molecule has 0 radical (unpaired) electrons. The molecule has 1 aliphatic rings. The lowest BCUT2D eigenvalue weighted by atomic mass is 9.96. The summed E-state index contributed by atoms with van der Waals surface area (Å²) in [6.45, 7) is 10.3. The van der Waals surface area contributed by atoms with Gasteiger partial charge in [-0.25, -0.2) is 0 Å². The highest BCUT2D eigenvalue weighted by molar-refractivity contribution is 5.85. The Kier molecular flexibility index (Phi) is 7.01. The molecule has 1 aromatic rings. The van der Waals surface area contributed by atoms with Gasteiger partial charge in [0.25, 0.3) is 0 Å². The first-order valence-corrected chi connectivity index (χ1v) is 7.56. The van der Waals surface area contributed by atoms with Crippen molar-refractivity contribution in [3.05, 3.63) is 34.9 Å². The summed E-state index contributed by atoms with van der Waals surface area (Å²) in [5.74, 6) is 0.811. The van der Waals surface area contributed by atoms with E-state index >= 15 is 0 Å². The second-order valence-electron chi connectivity index (χ2n) is 6.19. The summed E-state index contributed by atoms with van der Waals surface area (Å²) in [6, 6.07) is 7.30.